The molecule has 0 bridgehead atoms. The Morgan fingerprint density at radius 1 is 1.05 bits per heavy atom. The molecule has 0 aliphatic heterocycles. The van der Waals surface area contributed by atoms with Gasteiger partial charge in [-0.05, 0) is 37.7 Å². The van der Waals surface area contributed by atoms with Crippen LogP contribution in [0.15, 0.2) is 42.5 Å². The molecule has 0 saturated carbocycles. The maximum Gasteiger partial charge on any atom is 0.0600 e. The lowest BCUT2D eigenvalue weighted by molar-refractivity contribution is 0.124. The summed E-state index contributed by atoms with van der Waals surface area (Å²) >= 11 is 0. The molecule has 1 N–H and O–H groups in total. The Morgan fingerprint density at radius 2 is 1.64 bits per heavy atom. The summed E-state index contributed by atoms with van der Waals surface area (Å²) in [5.74, 6) is 0.326. The van der Waals surface area contributed by atoms with Gasteiger partial charge in [-0.25, -0.2) is 0 Å². The molecule has 1 nitrogen and oxygen atoms in total. The smallest absolute Gasteiger partial charge is 0.0600 e. The normalized spacial score (nSPS) is 12.5. The summed E-state index contributed by atoms with van der Waals surface area (Å²) in [6, 6.07) is 10.6. The van der Waals surface area contributed by atoms with E-state index in [-0.39, 0.29) is 6.10 Å². The number of unbranched alkanes of at least 4 members (excludes halogenated alkanes) is 1. The van der Waals surface area contributed by atoms with Crippen LogP contribution in [-0.2, 0) is 6.42 Å². The first-order chi connectivity index (χ1) is 10.8. The van der Waals surface area contributed by atoms with Crippen LogP contribution in [0.2, 0.25) is 0 Å². The fraction of sp³-hybridized carbons (Fsp3) is 0.524. The molecule has 1 aromatic carbocycles. The van der Waals surface area contributed by atoms with Gasteiger partial charge in [-0.15, -0.1) is 12.8 Å². The molecule has 0 radical (unpaired) electrons. The van der Waals surface area contributed by atoms with Crippen molar-refractivity contribution in [1.82, 2.24) is 0 Å². The van der Waals surface area contributed by atoms with Crippen molar-refractivity contribution in [3.05, 3.63) is 48.0 Å². The number of hydrogen-bond donors (Lipinski definition) is 1. The largest absolute Gasteiger partial charge is 0.393 e. The van der Waals surface area contributed by atoms with E-state index in [0.717, 1.165) is 25.7 Å². The van der Waals surface area contributed by atoms with Crippen molar-refractivity contribution in [3.63, 3.8) is 0 Å². The Bertz CT molecular complexity index is 364. The van der Waals surface area contributed by atoms with Gasteiger partial charge in [-0.2, -0.15) is 0 Å². The van der Waals surface area contributed by atoms with Crippen molar-refractivity contribution in [1.29, 1.82) is 0 Å². The molecule has 0 fully saturated rings. The lowest BCUT2D eigenvalue weighted by Crippen LogP contribution is -2.16. The maximum atomic E-state index is 9.80. The number of aryl methyl sites for hydroxylation is 1. The van der Waals surface area contributed by atoms with Gasteiger partial charge in [0.1, 0.15) is 0 Å². The van der Waals surface area contributed by atoms with Crippen LogP contribution in [0.25, 0.3) is 0 Å². The van der Waals surface area contributed by atoms with E-state index in [1.165, 1.54) is 12.0 Å². The summed E-state index contributed by atoms with van der Waals surface area (Å²) in [5, 5.41) is 9.80. The molecular weight excluding hydrogens is 268 g/mol. The number of aliphatic hydroxyl groups is 1. The Hall–Kier alpha value is -1.52. The molecule has 1 heteroatoms. The zero-order valence-corrected chi connectivity index (χ0v) is 14.8. The van der Waals surface area contributed by atoms with Crippen molar-refractivity contribution in [2.24, 2.45) is 5.92 Å². The third-order valence-electron chi connectivity index (χ3n) is 3.45. The second-order valence-electron chi connectivity index (χ2n) is 4.85. The molecule has 2 atom stereocenters. The van der Waals surface area contributed by atoms with Crippen LogP contribution in [-0.4, -0.2) is 11.2 Å². The topological polar surface area (TPSA) is 20.2 Å². The van der Waals surface area contributed by atoms with Gasteiger partial charge in [0.05, 0.1) is 6.10 Å². The van der Waals surface area contributed by atoms with Crippen LogP contribution >= 0.6 is 0 Å². The molecule has 0 aromatic heterocycles. The minimum atomic E-state index is -0.180. The summed E-state index contributed by atoms with van der Waals surface area (Å²) in [6.07, 6.45) is 17.5. The van der Waals surface area contributed by atoms with E-state index in [1.807, 2.05) is 20.8 Å². The SMILES string of the molecule is C#C.CC.CC[C@@H](O)[C@H](/C=C/CCCc1ccccc1)CC. The van der Waals surface area contributed by atoms with E-state index in [0.29, 0.717) is 5.92 Å². The van der Waals surface area contributed by atoms with E-state index < -0.39 is 0 Å². The van der Waals surface area contributed by atoms with E-state index in [9.17, 15) is 5.11 Å². The van der Waals surface area contributed by atoms with Crippen molar-refractivity contribution in [2.45, 2.75) is 65.9 Å². The molecule has 22 heavy (non-hydrogen) atoms. The Labute approximate surface area is 138 Å². The highest BCUT2D eigenvalue weighted by atomic mass is 16.3. The Kier molecular flexibility index (Phi) is 18.1. The molecule has 0 aliphatic carbocycles. The van der Waals surface area contributed by atoms with Crippen molar-refractivity contribution < 1.29 is 5.11 Å². The highest BCUT2D eigenvalue weighted by Gasteiger charge is 2.11. The summed E-state index contributed by atoms with van der Waals surface area (Å²) in [4.78, 5) is 0. The third-order valence-corrected chi connectivity index (χ3v) is 3.45. The first-order valence-corrected chi connectivity index (χ1v) is 8.49. The van der Waals surface area contributed by atoms with Crippen LogP contribution in [0.1, 0.15) is 58.9 Å². The minimum absolute atomic E-state index is 0.180. The van der Waals surface area contributed by atoms with Crippen LogP contribution in [0.5, 0.6) is 0 Å². The van der Waals surface area contributed by atoms with Gasteiger partial charge in [0.15, 0.2) is 0 Å². The molecule has 0 amide bonds. The number of terminal acetylenes is 1. The summed E-state index contributed by atoms with van der Waals surface area (Å²) in [5.41, 5.74) is 1.41. The van der Waals surface area contributed by atoms with Gasteiger partial charge in [-0.3, -0.25) is 0 Å². The average Bonchev–Trinajstić information content (AvgIpc) is 2.62. The average molecular weight is 303 g/mol. The van der Waals surface area contributed by atoms with Crippen molar-refractivity contribution >= 4 is 0 Å². The standard InChI is InChI=1S/C17H26O.C2H6.C2H2/c1-3-16(17(18)4-2)14-10-6-9-13-15-11-7-5-8-12-15;2*1-2/h5,7-8,10-12,14,16-18H,3-4,6,9,13H2,1-2H3;1-2H3;1-2H/b14-10+;;/t16-,17+;;/m0../s1. The van der Waals surface area contributed by atoms with Crippen molar-refractivity contribution in [2.75, 3.05) is 0 Å². The summed E-state index contributed by atoms with van der Waals surface area (Å²) in [6.45, 7) is 8.18. The minimum Gasteiger partial charge on any atom is -0.393 e. The lowest BCUT2D eigenvalue weighted by Gasteiger charge is -2.16. The molecule has 0 saturated heterocycles. The Balaban J connectivity index is 0. The first kappa shape index (κ1) is 22.8. The zero-order chi connectivity index (χ0) is 17.2. The van der Waals surface area contributed by atoms with Gasteiger partial charge in [0.2, 0.25) is 0 Å². The summed E-state index contributed by atoms with van der Waals surface area (Å²) in [7, 11) is 0. The Morgan fingerprint density at radius 3 is 2.14 bits per heavy atom. The van der Waals surface area contributed by atoms with Crippen LogP contribution < -0.4 is 0 Å². The molecule has 1 rings (SSSR count). The fourth-order valence-electron chi connectivity index (χ4n) is 2.18. The third kappa shape index (κ3) is 11.2. The van der Waals surface area contributed by atoms with Gasteiger partial charge in [0.25, 0.3) is 0 Å². The van der Waals surface area contributed by atoms with Crippen LogP contribution in [0.4, 0.5) is 0 Å². The van der Waals surface area contributed by atoms with Gasteiger partial charge in [0, 0.05) is 5.92 Å². The first-order valence-electron chi connectivity index (χ1n) is 8.49. The van der Waals surface area contributed by atoms with Crippen LogP contribution in [0.3, 0.4) is 0 Å². The van der Waals surface area contributed by atoms with Gasteiger partial charge in [-0.1, -0.05) is 70.2 Å². The molecule has 0 aliphatic rings. The molecule has 0 spiro atoms. The highest BCUT2D eigenvalue weighted by Crippen LogP contribution is 2.14. The van der Waals surface area contributed by atoms with Crippen LogP contribution in [0, 0.1) is 18.8 Å². The van der Waals surface area contributed by atoms with E-state index in [4.69, 9.17) is 0 Å². The van der Waals surface area contributed by atoms with Crippen molar-refractivity contribution in [3.8, 4) is 12.8 Å². The predicted octanol–water partition coefficient (Wildman–Crippen LogP) is 5.64. The predicted molar refractivity (Wildman–Crippen MR) is 99.8 cm³/mol. The molecular formula is C21H34O. The number of allylic oxidation sites excluding steroid dienone is 1. The second-order valence-corrected chi connectivity index (χ2v) is 4.85. The molecule has 0 heterocycles. The number of benzene rings is 1. The number of hydrogen-bond acceptors (Lipinski definition) is 1. The molecule has 0 unspecified atom stereocenters. The second kappa shape index (κ2) is 17.5. The van der Waals surface area contributed by atoms with E-state index in [2.05, 4.69) is 62.3 Å². The van der Waals surface area contributed by atoms with Gasteiger partial charge < -0.3 is 5.11 Å². The van der Waals surface area contributed by atoms with E-state index >= 15 is 0 Å². The number of rotatable bonds is 8. The fourth-order valence-corrected chi connectivity index (χ4v) is 2.18. The highest BCUT2D eigenvalue weighted by molar-refractivity contribution is 5.14. The molecule has 1 aromatic rings. The van der Waals surface area contributed by atoms with E-state index in [1.54, 1.807) is 0 Å². The van der Waals surface area contributed by atoms with Gasteiger partial charge >= 0.3 is 0 Å². The summed E-state index contributed by atoms with van der Waals surface area (Å²) < 4.78 is 0. The molecule has 124 valence electrons. The zero-order valence-electron chi connectivity index (χ0n) is 14.8. The monoisotopic (exact) mass is 302 g/mol. The number of aliphatic hydroxyl groups excluding tert-OH is 1. The lowest BCUT2D eigenvalue weighted by atomic mass is 9.96. The maximum absolute atomic E-state index is 9.80. The quantitative estimate of drug-likeness (QED) is 0.374.